The zero-order valence-electron chi connectivity index (χ0n) is 10.7. The number of rotatable bonds is 4. The number of hydrogen-bond acceptors (Lipinski definition) is 3. The third-order valence-electron chi connectivity index (χ3n) is 3.61. The van der Waals surface area contributed by atoms with Crippen molar-refractivity contribution in [1.29, 1.82) is 0 Å². The molecule has 1 amide bonds. The van der Waals surface area contributed by atoms with Crippen molar-refractivity contribution in [2.45, 2.75) is 38.3 Å². The van der Waals surface area contributed by atoms with E-state index in [-0.39, 0.29) is 5.91 Å². The van der Waals surface area contributed by atoms with Crippen molar-refractivity contribution in [1.82, 2.24) is 25.1 Å². The van der Waals surface area contributed by atoms with Crippen molar-refractivity contribution in [3.63, 3.8) is 0 Å². The third kappa shape index (κ3) is 2.52. The highest BCUT2D eigenvalue weighted by molar-refractivity contribution is 5.92. The Hall–Kier alpha value is -2.11. The van der Waals surface area contributed by atoms with Gasteiger partial charge in [-0.3, -0.25) is 9.89 Å². The summed E-state index contributed by atoms with van der Waals surface area (Å²) in [4.78, 5) is 16.2. The maximum absolute atomic E-state index is 12.2. The Kier molecular flexibility index (Phi) is 3.31. The van der Waals surface area contributed by atoms with Gasteiger partial charge in [0.15, 0.2) is 0 Å². The topological polar surface area (TPSA) is 75.6 Å². The van der Waals surface area contributed by atoms with Gasteiger partial charge in [-0.1, -0.05) is 12.8 Å². The summed E-state index contributed by atoms with van der Waals surface area (Å²) < 4.78 is 2.10. The maximum atomic E-state index is 12.2. The van der Waals surface area contributed by atoms with E-state index >= 15 is 0 Å². The molecular weight excluding hydrogens is 242 g/mol. The molecule has 0 saturated heterocycles. The maximum Gasteiger partial charge on any atom is 0.268 e. The molecule has 0 aromatic carbocycles. The van der Waals surface area contributed by atoms with Gasteiger partial charge < -0.3 is 9.88 Å². The molecule has 2 aromatic heterocycles. The molecule has 1 aliphatic carbocycles. The SMILES string of the molecule is O=C(NCc1ncn[nH]1)c1cccn1C1CCCC1. The van der Waals surface area contributed by atoms with Crippen LogP contribution >= 0.6 is 0 Å². The number of aromatic amines is 1. The van der Waals surface area contributed by atoms with E-state index in [1.54, 1.807) is 0 Å². The van der Waals surface area contributed by atoms with Crippen LogP contribution < -0.4 is 5.32 Å². The monoisotopic (exact) mass is 259 g/mol. The van der Waals surface area contributed by atoms with Crippen LogP contribution in [0.2, 0.25) is 0 Å². The molecule has 2 N–H and O–H groups in total. The van der Waals surface area contributed by atoms with Crippen LogP contribution in [-0.2, 0) is 6.54 Å². The molecule has 3 rings (SSSR count). The summed E-state index contributed by atoms with van der Waals surface area (Å²) in [6, 6.07) is 4.27. The van der Waals surface area contributed by atoms with Gasteiger partial charge >= 0.3 is 0 Å². The average molecular weight is 259 g/mol. The fraction of sp³-hybridized carbons (Fsp3) is 0.462. The first-order chi connectivity index (χ1) is 9.34. The van der Waals surface area contributed by atoms with Gasteiger partial charge in [0.05, 0.1) is 6.54 Å². The van der Waals surface area contributed by atoms with Crippen LogP contribution in [0.5, 0.6) is 0 Å². The van der Waals surface area contributed by atoms with Crippen molar-refractivity contribution in [2.75, 3.05) is 0 Å². The molecule has 0 bridgehead atoms. The standard InChI is InChI=1S/C13H17N5O/c19-13(14-8-12-15-9-16-17-12)11-6-3-7-18(11)10-4-1-2-5-10/h3,6-7,9-10H,1-2,4-5,8H2,(H,14,19)(H,15,16,17). The van der Waals surface area contributed by atoms with Crippen LogP contribution in [0.1, 0.15) is 48.0 Å². The summed E-state index contributed by atoms with van der Waals surface area (Å²) in [5.41, 5.74) is 0.728. The molecule has 1 saturated carbocycles. The Morgan fingerprint density at radius 3 is 3.05 bits per heavy atom. The van der Waals surface area contributed by atoms with E-state index in [0.717, 1.165) is 18.5 Å². The number of nitrogens with one attached hydrogen (secondary N) is 2. The van der Waals surface area contributed by atoms with Crippen LogP contribution in [0.3, 0.4) is 0 Å². The lowest BCUT2D eigenvalue weighted by Crippen LogP contribution is -2.26. The van der Waals surface area contributed by atoms with Crippen molar-refractivity contribution < 1.29 is 4.79 Å². The summed E-state index contributed by atoms with van der Waals surface area (Å²) in [6.07, 6.45) is 8.26. The number of H-pyrrole nitrogens is 1. The van der Waals surface area contributed by atoms with Gasteiger partial charge in [0.1, 0.15) is 17.8 Å². The lowest BCUT2D eigenvalue weighted by molar-refractivity contribution is 0.0938. The Bertz CT molecular complexity index is 539. The Morgan fingerprint density at radius 2 is 2.32 bits per heavy atom. The molecule has 19 heavy (non-hydrogen) atoms. The second kappa shape index (κ2) is 5.26. The summed E-state index contributed by atoms with van der Waals surface area (Å²) in [7, 11) is 0. The Balaban J connectivity index is 1.67. The molecule has 100 valence electrons. The third-order valence-corrected chi connectivity index (χ3v) is 3.61. The second-order valence-electron chi connectivity index (χ2n) is 4.85. The van der Waals surface area contributed by atoms with Gasteiger partial charge in [0.2, 0.25) is 0 Å². The predicted molar refractivity (Wildman–Crippen MR) is 69.5 cm³/mol. The van der Waals surface area contributed by atoms with E-state index in [9.17, 15) is 4.79 Å². The van der Waals surface area contributed by atoms with Gasteiger partial charge in [-0.15, -0.1) is 0 Å². The van der Waals surface area contributed by atoms with Crippen LogP contribution in [-0.4, -0.2) is 25.7 Å². The highest BCUT2D eigenvalue weighted by Crippen LogP contribution is 2.30. The van der Waals surface area contributed by atoms with E-state index in [1.807, 2.05) is 18.3 Å². The fourth-order valence-electron chi connectivity index (χ4n) is 2.66. The van der Waals surface area contributed by atoms with Gasteiger partial charge in [-0.2, -0.15) is 5.10 Å². The molecule has 0 unspecified atom stereocenters. The Morgan fingerprint density at radius 1 is 1.47 bits per heavy atom. The average Bonchev–Trinajstić information content (AvgIpc) is 3.14. The van der Waals surface area contributed by atoms with E-state index in [4.69, 9.17) is 0 Å². The number of carbonyl (C=O) groups excluding carboxylic acids is 1. The molecule has 0 radical (unpaired) electrons. The molecule has 6 nitrogen and oxygen atoms in total. The van der Waals surface area contributed by atoms with Gasteiger partial charge in [-0.05, 0) is 25.0 Å². The van der Waals surface area contributed by atoms with Crippen molar-refractivity contribution in [3.05, 3.63) is 36.2 Å². The molecular formula is C13H17N5O. The molecule has 0 atom stereocenters. The molecule has 0 aliphatic heterocycles. The lowest BCUT2D eigenvalue weighted by Gasteiger charge is -2.15. The molecule has 1 fully saturated rings. The first kappa shape index (κ1) is 12.0. The number of hydrogen-bond donors (Lipinski definition) is 2. The zero-order valence-corrected chi connectivity index (χ0v) is 10.7. The van der Waals surface area contributed by atoms with Crippen LogP contribution in [0.15, 0.2) is 24.7 Å². The van der Waals surface area contributed by atoms with E-state index in [0.29, 0.717) is 18.4 Å². The van der Waals surface area contributed by atoms with Crippen LogP contribution in [0.25, 0.3) is 0 Å². The van der Waals surface area contributed by atoms with Crippen molar-refractivity contribution in [2.24, 2.45) is 0 Å². The zero-order chi connectivity index (χ0) is 13.1. The van der Waals surface area contributed by atoms with Gasteiger partial charge in [-0.25, -0.2) is 4.98 Å². The number of aromatic nitrogens is 4. The largest absolute Gasteiger partial charge is 0.343 e. The molecule has 2 heterocycles. The van der Waals surface area contributed by atoms with Crippen LogP contribution in [0.4, 0.5) is 0 Å². The van der Waals surface area contributed by atoms with E-state index in [1.165, 1.54) is 19.2 Å². The summed E-state index contributed by atoms with van der Waals surface area (Å²) in [5.74, 6) is 0.598. The lowest BCUT2D eigenvalue weighted by atomic mass is 10.2. The number of nitrogens with zero attached hydrogens (tertiary/aromatic N) is 3. The summed E-state index contributed by atoms with van der Waals surface area (Å²) in [5, 5.41) is 9.33. The minimum atomic E-state index is -0.0618. The highest BCUT2D eigenvalue weighted by atomic mass is 16.1. The summed E-state index contributed by atoms with van der Waals surface area (Å²) in [6.45, 7) is 0.370. The van der Waals surface area contributed by atoms with Crippen molar-refractivity contribution >= 4 is 5.91 Å². The smallest absolute Gasteiger partial charge is 0.268 e. The number of carbonyl (C=O) groups is 1. The van der Waals surface area contributed by atoms with E-state index in [2.05, 4.69) is 25.1 Å². The molecule has 1 aliphatic rings. The summed E-state index contributed by atoms with van der Waals surface area (Å²) >= 11 is 0. The first-order valence-electron chi connectivity index (χ1n) is 6.64. The van der Waals surface area contributed by atoms with Gasteiger partial charge in [0.25, 0.3) is 5.91 Å². The molecule has 0 spiro atoms. The first-order valence-corrected chi connectivity index (χ1v) is 6.64. The minimum absolute atomic E-state index is 0.0618. The second-order valence-corrected chi connectivity index (χ2v) is 4.85. The molecule has 2 aromatic rings. The Labute approximate surface area is 111 Å². The minimum Gasteiger partial charge on any atom is -0.343 e. The fourth-order valence-corrected chi connectivity index (χ4v) is 2.66. The molecule has 6 heteroatoms. The van der Waals surface area contributed by atoms with Crippen molar-refractivity contribution in [3.8, 4) is 0 Å². The van der Waals surface area contributed by atoms with E-state index < -0.39 is 0 Å². The highest BCUT2D eigenvalue weighted by Gasteiger charge is 2.21. The quantitative estimate of drug-likeness (QED) is 0.876. The normalized spacial score (nSPS) is 15.8. The van der Waals surface area contributed by atoms with Gasteiger partial charge in [0, 0.05) is 12.2 Å². The van der Waals surface area contributed by atoms with Crippen LogP contribution in [0, 0.1) is 0 Å². The number of amides is 1. The predicted octanol–water partition coefficient (Wildman–Crippen LogP) is 1.65.